The Morgan fingerprint density at radius 3 is 2.00 bits per heavy atom. The number of carbonyl (C=O) groups excluding carboxylic acids is 2. The van der Waals surface area contributed by atoms with Crippen molar-refractivity contribution in [3.8, 4) is 0 Å². The zero-order valence-electron chi connectivity index (χ0n) is 11.5. The molecule has 8 heteroatoms. The summed E-state index contributed by atoms with van der Waals surface area (Å²) in [4.78, 5) is 35.7. The van der Waals surface area contributed by atoms with Gasteiger partial charge in [-0.15, -0.1) is 0 Å². The molecule has 0 saturated carbocycles. The second kappa shape index (κ2) is 5.98. The number of fused-ring (bicyclic) bond motifs is 1. The van der Waals surface area contributed by atoms with Gasteiger partial charge in [0, 0.05) is 19.1 Å². The van der Waals surface area contributed by atoms with Gasteiger partial charge < -0.3 is 9.47 Å². The lowest BCUT2D eigenvalue weighted by atomic mass is 10.1. The summed E-state index contributed by atoms with van der Waals surface area (Å²) in [5.41, 5.74) is 0.448. The Balaban J connectivity index is 2.40. The van der Waals surface area contributed by atoms with E-state index in [4.69, 9.17) is 9.47 Å². The van der Waals surface area contributed by atoms with E-state index in [0.717, 1.165) is 4.90 Å². The average Bonchev–Trinajstić information content (AvgIpc) is 2.71. The van der Waals surface area contributed by atoms with Gasteiger partial charge in [-0.1, -0.05) is 12.1 Å². The zero-order valence-corrected chi connectivity index (χ0v) is 11.5. The fourth-order valence-corrected chi connectivity index (χ4v) is 2.36. The predicted octanol–water partition coefficient (Wildman–Crippen LogP) is 0.547. The highest BCUT2D eigenvalue weighted by Crippen LogP contribution is 2.26. The Morgan fingerprint density at radius 2 is 1.62 bits per heavy atom. The number of nitrogens with zero attached hydrogens (tertiary/aromatic N) is 2. The summed E-state index contributed by atoms with van der Waals surface area (Å²) in [5.74, 6) is -1.16. The Labute approximate surface area is 120 Å². The summed E-state index contributed by atoms with van der Waals surface area (Å²) in [7, 11) is 2.58. The number of methoxy groups -OCH3 is 2. The quantitative estimate of drug-likeness (QED) is 0.329. The fraction of sp³-hybridized carbons (Fsp3) is 0.385. The standard InChI is InChI=1S/C13H14N2O6/c1-20-13(21-2)10(7-14(18)19)15-11(16)8-5-3-4-6-9(8)12(15)17/h3-6,10,13H,7H2,1-2H3/t10-/m1/s1. The molecule has 0 aliphatic carbocycles. The molecule has 1 aromatic rings. The van der Waals surface area contributed by atoms with Crippen LogP contribution in [0.5, 0.6) is 0 Å². The van der Waals surface area contributed by atoms with Crippen molar-refractivity contribution in [1.82, 2.24) is 4.90 Å². The van der Waals surface area contributed by atoms with Crippen LogP contribution in [0.1, 0.15) is 20.7 Å². The third kappa shape index (κ3) is 2.63. The Hall–Kier alpha value is -2.32. The van der Waals surface area contributed by atoms with E-state index in [-0.39, 0.29) is 11.1 Å². The summed E-state index contributed by atoms with van der Waals surface area (Å²) in [6.07, 6.45) is -1.07. The third-order valence-electron chi connectivity index (χ3n) is 3.27. The maximum absolute atomic E-state index is 12.3. The van der Waals surface area contributed by atoms with Crippen LogP contribution in [-0.4, -0.2) is 54.7 Å². The van der Waals surface area contributed by atoms with Gasteiger partial charge in [0.2, 0.25) is 6.54 Å². The smallest absolute Gasteiger partial charge is 0.262 e. The first-order chi connectivity index (χ1) is 10.0. The highest BCUT2D eigenvalue weighted by Gasteiger charge is 2.45. The van der Waals surface area contributed by atoms with Gasteiger partial charge in [-0.05, 0) is 12.1 Å². The molecule has 21 heavy (non-hydrogen) atoms. The first kappa shape index (κ1) is 15.1. The van der Waals surface area contributed by atoms with Crippen molar-refractivity contribution in [1.29, 1.82) is 0 Å². The van der Waals surface area contributed by atoms with Crippen LogP contribution in [-0.2, 0) is 9.47 Å². The van der Waals surface area contributed by atoms with E-state index in [1.54, 1.807) is 12.1 Å². The van der Waals surface area contributed by atoms with E-state index in [1.165, 1.54) is 26.4 Å². The molecular formula is C13H14N2O6. The molecule has 2 rings (SSSR count). The van der Waals surface area contributed by atoms with E-state index in [1.807, 2.05) is 0 Å². The van der Waals surface area contributed by atoms with Crippen LogP contribution in [0.15, 0.2) is 24.3 Å². The normalized spacial score (nSPS) is 15.5. The zero-order chi connectivity index (χ0) is 15.6. The van der Waals surface area contributed by atoms with Gasteiger partial charge in [0.1, 0.15) is 0 Å². The lowest BCUT2D eigenvalue weighted by molar-refractivity contribution is -0.490. The number of benzene rings is 1. The lowest BCUT2D eigenvalue weighted by Gasteiger charge is -2.28. The highest BCUT2D eigenvalue weighted by atomic mass is 16.7. The number of carbonyl (C=O) groups is 2. The molecule has 1 atom stereocenters. The summed E-state index contributed by atoms with van der Waals surface area (Å²) < 4.78 is 10.00. The second-order valence-corrected chi connectivity index (χ2v) is 4.45. The number of rotatable bonds is 6. The van der Waals surface area contributed by atoms with Crippen LogP contribution in [0, 0.1) is 10.1 Å². The van der Waals surface area contributed by atoms with Crippen LogP contribution < -0.4 is 0 Å². The maximum Gasteiger partial charge on any atom is 0.262 e. The fourth-order valence-electron chi connectivity index (χ4n) is 2.36. The van der Waals surface area contributed by atoms with Crippen molar-refractivity contribution >= 4 is 11.8 Å². The molecule has 1 heterocycles. The number of ether oxygens (including phenoxy) is 2. The number of hydrogen-bond donors (Lipinski definition) is 0. The van der Waals surface area contributed by atoms with Crippen LogP contribution in [0.2, 0.25) is 0 Å². The Morgan fingerprint density at radius 1 is 1.14 bits per heavy atom. The van der Waals surface area contributed by atoms with Gasteiger partial charge in [0.25, 0.3) is 11.8 Å². The monoisotopic (exact) mass is 294 g/mol. The van der Waals surface area contributed by atoms with E-state index in [2.05, 4.69) is 0 Å². The lowest BCUT2D eigenvalue weighted by Crippen LogP contribution is -2.51. The van der Waals surface area contributed by atoms with Crippen molar-refractivity contribution in [2.24, 2.45) is 0 Å². The molecule has 0 radical (unpaired) electrons. The minimum atomic E-state index is -1.14. The first-order valence-corrected chi connectivity index (χ1v) is 6.15. The number of amides is 2. The van der Waals surface area contributed by atoms with Crippen LogP contribution in [0.4, 0.5) is 0 Å². The SMILES string of the molecule is COC(OC)[C@@H](C[N+](=O)[O-])N1C(=O)c2ccccc2C1=O. The number of nitro groups is 1. The molecule has 8 nitrogen and oxygen atoms in total. The molecule has 1 aromatic carbocycles. The molecular weight excluding hydrogens is 280 g/mol. The van der Waals surface area contributed by atoms with E-state index in [0.29, 0.717) is 0 Å². The van der Waals surface area contributed by atoms with Gasteiger partial charge >= 0.3 is 0 Å². The summed E-state index contributed by atoms with van der Waals surface area (Å²) >= 11 is 0. The topological polar surface area (TPSA) is 99.0 Å². The molecule has 0 saturated heterocycles. The Bertz CT molecular complexity index is 549. The molecule has 2 amide bonds. The van der Waals surface area contributed by atoms with Gasteiger partial charge in [-0.3, -0.25) is 24.6 Å². The van der Waals surface area contributed by atoms with Gasteiger partial charge in [0.05, 0.1) is 11.1 Å². The van der Waals surface area contributed by atoms with E-state index in [9.17, 15) is 19.7 Å². The molecule has 0 aromatic heterocycles. The maximum atomic E-state index is 12.3. The molecule has 1 aliphatic heterocycles. The van der Waals surface area contributed by atoms with Gasteiger partial charge in [-0.25, -0.2) is 0 Å². The number of imide groups is 1. The minimum Gasteiger partial charge on any atom is -0.353 e. The molecule has 0 N–H and O–H groups in total. The van der Waals surface area contributed by atoms with Crippen molar-refractivity contribution in [2.75, 3.05) is 20.8 Å². The first-order valence-electron chi connectivity index (χ1n) is 6.15. The van der Waals surface area contributed by atoms with Crippen molar-refractivity contribution in [3.05, 3.63) is 45.5 Å². The third-order valence-corrected chi connectivity index (χ3v) is 3.27. The van der Waals surface area contributed by atoms with Gasteiger partial charge in [-0.2, -0.15) is 0 Å². The minimum absolute atomic E-state index is 0.224. The molecule has 0 spiro atoms. The Kier molecular flexibility index (Phi) is 4.29. The van der Waals surface area contributed by atoms with E-state index < -0.39 is 35.6 Å². The van der Waals surface area contributed by atoms with E-state index >= 15 is 0 Å². The highest BCUT2D eigenvalue weighted by molar-refractivity contribution is 6.21. The number of hydrogen-bond acceptors (Lipinski definition) is 6. The van der Waals surface area contributed by atoms with Crippen molar-refractivity contribution in [3.63, 3.8) is 0 Å². The summed E-state index contributed by atoms with van der Waals surface area (Å²) in [6.45, 7) is -0.655. The molecule has 0 fully saturated rings. The van der Waals surface area contributed by atoms with Crippen molar-refractivity contribution in [2.45, 2.75) is 12.3 Å². The summed E-state index contributed by atoms with van der Waals surface area (Å²) in [5, 5.41) is 10.8. The van der Waals surface area contributed by atoms with Crippen molar-refractivity contribution < 1.29 is 24.0 Å². The molecule has 0 bridgehead atoms. The van der Waals surface area contributed by atoms with Gasteiger partial charge in [0.15, 0.2) is 12.3 Å². The molecule has 0 unspecified atom stereocenters. The molecule has 1 aliphatic rings. The molecule has 112 valence electrons. The van der Waals surface area contributed by atoms with Crippen LogP contribution >= 0.6 is 0 Å². The average molecular weight is 294 g/mol. The summed E-state index contributed by atoms with van der Waals surface area (Å²) in [6, 6.07) is 5.13. The van der Waals surface area contributed by atoms with Crippen LogP contribution in [0.3, 0.4) is 0 Å². The largest absolute Gasteiger partial charge is 0.353 e. The predicted molar refractivity (Wildman–Crippen MR) is 70.4 cm³/mol. The van der Waals surface area contributed by atoms with Crippen LogP contribution in [0.25, 0.3) is 0 Å². The second-order valence-electron chi connectivity index (χ2n) is 4.45.